The molecule has 26 heavy (non-hydrogen) atoms. The molecular formula is C18H20FN3O4. The van der Waals surface area contributed by atoms with Crippen molar-refractivity contribution < 1.29 is 19.0 Å². The van der Waals surface area contributed by atoms with E-state index in [1.54, 1.807) is 4.57 Å². The summed E-state index contributed by atoms with van der Waals surface area (Å²) in [6, 6.07) is 0.869. The molecule has 0 amide bonds. The van der Waals surface area contributed by atoms with Gasteiger partial charge in [0.2, 0.25) is 5.43 Å². The lowest BCUT2D eigenvalue weighted by Crippen LogP contribution is -2.31. The first-order valence-corrected chi connectivity index (χ1v) is 8.57. The number of benzene rings is 1. The van der Waals surface area contributed by atoms with Crippen LogP contribution >= 0.6 is 0 Å². The lowest BCUT2D eigenvalue weighted by atomic mass is 10.1. The van der Waals surface area contributed by atoms with E-state index in [0.717, 1.165) is 6.07 Å². The number of rotatable bonds is 2. The zero-order valence-corrected chi connectivity index (χ0v) is 14.5. The maximum atomic E-state index is 15.0. The van der Waals surface area contributed by atoms with Crippen LogP contribution in [0.2, 0.25) is 0 Å². The summed E-state index contributed by atoms with van der Waals surface area (Å²) in [6.45, 7) is 5.21. The standard InChI is InChI=1S/C18H20FN3O4/c1-8-4-21(6-13(8)20)15-12(19)3-10-14-17(15)26-7-9(2)22(14)5-11(16(10)23)18(24)25/h3,5,8-9,13H,4,6-7,20H2,1-2H3,(H,24,25)/t8?,9-,13?/m0/s1. The Morgan fingerprint density at radius 2 is 2.12 bits per heavy atom. The van der Waals surface area contributed by atoms with Crippen molar-refractivity contribution in [1.82, 2.24) is 4.57 Å². The van der Waals surface area contributed by atoms with Crippen LogP contribution < -0.4 is 20.8 Å². The van der Waals surface area contributed by atoms with Gasteiger partial charge in [0.15, 0.2) is 11.6 Å². The second-order valence-corrected chi connectivity index (χ2v) is 7.22. The normalized spacial score (nSPS) is 24.8. The predicted octanol–water partition coefficient (Wildman–Crippen LogP) is 1.58. The summed E-state index contributed by atoms with van der Waals surface area (Å²) < 4.78 is 22.5. The van der Waals surface area contributed by atoms with Crippen LogP contribution in [0.4, 0.5) is 10.1 Å². The van der Waals surface area contributed by atoms with E-state index in [2.05, 4.69) is 0 Å². The van der Waals surface area contributed by atoms with Gasteiger partial charge in [-0.05, 0) is 18.9 Å². The monoisotopic (exact) mass is 361 g/mol. The maximum absolute atomic E-state index is 15.0. The molecule has 1 fully saturated rings. The first kappa shape index (κ1) is 16.8. The number of nitrogens with two attached hydrogens (primary N) is 1. The second-order valence-electron chi connectivity index (χ2n) is 7.22. The Morgan fingerprint density at radius 3 is 2.73 bits per heavy atom. The summed E-state index contributed by atoms with van der Waals surface area (Å²) in [5.74, 6) is -1.44. The van der Waals surface area contributed by atoms with Gasteiger partial charge in [-0.3, -0.25) is 4.79 Å². The molecule has 4 rings (SSSR count). The molecule has 3 heterocycles. The zero-order valence-electron chi connectivity index (χ0n) is 14.5. The highest BCUT2D eigenvalue weighted by Crippen LogP contribution is 2.43. The van der Waals surface area contributed by atoms with Gasteiger partial charge in [-0.2, -0.15) is 0 Å². The molecule has 0 radical (unpaired) electrons. The minimum atomic E-state index is -1.33. The first-order valence-electron chi connectivity index (χ1n) is 8.57. The van der Waals surface area contributed by atoms with Crippen LogP contribution in [-0.2, 0) is 0 Å². The number of ether oxygens (including phenoxy) is 1. The summed E-state index contributed by atoms with van der Waals surface area (Å²) in [6.07, 6.45) is 1.32. The van der Waals surface area contributed by atoms with Crippen molar-refractivity contribution in [2.75, 3.05) is 24.6 Å². The molecule has 1 aromatic carbocycles. The topological polar surface area (TPSA) is 97.8 Å². The van der Waals surface area contributed by atoms with Gasteiger partial charge in [0.05, 0.1) is 16.9 Å². The van der Waals surface area contributed by atoms with E-state index in [4.69, 9.17) is 10.5 Å². The number of carboxylic acids is 1. The fourth-order valence-electron chi connectivity index (χ4n) is 3.83. The summed E-state index contributed by atoms with van der Waals surface area (Å²) in [5, 5.41) is 9.33. The molecule has 1 saturated heterocycles. The predicted molar refractivity (Wildman–Crippen MR) is 94.7 cm³/mol. The van der Waals surface area contributed by atoms with Gasteiger partial charge in [0, 0.05) is 25.3 Å². The lowest BCUT2D eigenvalue weighted by molar-refractivity contribution is 0.0694. The van der Waals surface area contributed by atoms with Gasteiger partial charge in [-0.15, -0.1) is 0 Å². The van der Waals surface area contributed by atoms with E-state index in [9.17, 15) is 19.1 Å². The number of halogens is 1. The largest absolute Gasteiger partial charge is 0.487 e. The van der Waals surface area contributed by atoms with Crippen molar-refractivity contribution >= 4 is 22.6 Å². The van der Waals surface area contributed by atoms with E-state index in [-0.39, 0.29) is 41.3 Å². The fraction of sp³-hybridized carbons (Fsp3) is 0.444. The quantitative estimate of drug-likeness (QED) is 0.843. The Kier molecular flexibility index (Phi) is 3.69. The third-order valence-corrected chi connectivity index (χ3v) is 5.36. The van der Waals surface area contributed by atoms with Gasteiger partial charge in [-0.25, -0.2) is 9.18 Å². The van der Waals surface area contributed by atoms with Gasteiger partial charge in [-0.1, -0.05) is 6.92 Å². The van der Waals surface area contributed by atoms with Crippen LogP contribution in [-0.4, -0.2) is 41.4 Å². The smallest absolute Gasteiger partial charge is 0.341 e. The number of anilines is 1. The van der Waals surface area contributed by atoms with Crippen LogP contribution in [0, 0.1) is 11.7 Å². The lowest BCUT2D eigenvalue weighted by Gasteiger charge is -2.31. The maximum Gasteiger partial charge on any atom is 0.341 e. The number of aromatic carboxylic acids is 1. The number of nitrogens with zero attached hydrogens (tertiary/aromatic N) is 2. The number of pyridine rings is 1. The van der Waals surface area contributed by atoms with Crippen LogP contribution in [0.15, 0.2) is 17.1 Å². The fourth-order valence-corrected chi connectivity index (χ4v) is 3.83. The van der Waals surface area contributed by atoms with Crippen molar-refractivity contribution in [2.45, 2.75) is 25.9 Å². The van der Waals surface area contributed by atoms with Crippen LogP contribution in [0.3, 0.4) is 0 Å². The molecule has 1 aromatic heterocycles. The Morgan fingerprint density at radius 1 is 1.38 bits per heavy atom. The number of carbonyl (C=O) groups is 1. The Hall–Kier alpha value is -2.61. The van der Waals surface area contributed by atoms with E-state index >= 15 is 0 Å². The minimum absolute atomic E-state index is 0.0178. The molecular weight excluding hydrogens is 341 g/mol. The third-order valence-electron chi connectivity index (χ3n) is 5.36. The number of hydrogen-bond acceptors (Lipinski definition) is 5. The van der Waals surface area contributed by atoms with E-state index in [0.29, 0.717) is 24.3 Å². The number of aromatic nitrogens is 1. The Balaban J connectivity index is 2.04. The molecule has 2 aromatic rings. The highest BCUT2D eigenvalue weighted by molar-refractivity contribution is 5.97. The Labute approximate surface area is 148 Å². The molecule has 0 saturated carbocycles. The van der Waals surface area contributed by atoms with Crippen LogP contribution in [0.5, 0.6) is 5.75 Å². The number of hydrogen-bond donors (Lipinski definition) is 2. The number of carboxylic acid groups (broad SMARTS) is 1. The summed E-state index contributed by atoms with van der Waals surface area (Å²) in [5.41, 5.74) is 5.72. The molecule has 0 bridgehead atoms. The average Bonchev–Trinajstić information content (AvgIpc) is 2.90. The van der Waals surface area contributed by atoms with Crippen molar-refractivity contribution in [3.05, 3.63) is 33.9 Å². The summed E-state index contributed by atoms with van der Waals surface area (Å²) >= 11 is 0. The second kappa shape index (κ2) is 5.70. The average molecular weight is 361 g/mol. The zero-order chi connectivity index (χ0) is 18.7. The molecule has 0 aliphatic carbocycles. The summed E-state index contributed by atoms with van der Waals surface area (Å²) in [7, 11) is 0. The van der Waals surface area contributed by atoms with E-state index in [1.165, 1.54) is 6.20 Å². The first-order chi connectivity index (χ1) is 12.3. The molecule has 2 aliphatic rings. The highest BCUT2D eigenvalue weighted by Gasteiger charge is 2.34. The molecule has 2 aliphatic heterocycles. The van der Waals surface area contributed by atoms with Crippen molar-refractivity contribution in [2.24, 2.45) is 11.7 Å². The van der Waals surface area contributed by atoms with Gasteiger partial charge < -0.3 is 25.0 Å². The third kappa shape index (κ3) is 2.28. The van der Waals surface area contributed by atoms with Crippen molar-refractivity contribution in [3.8, 4) is 5.75 Å². The molecule has 0 spiro atoms. The molecule has 3 N–H and O–H groups in total. The SMILES string of the molecule is CC1CN(c2c(F)cc3c(=O)c(C(=O)O)cn4c3c2OC[C@@H]4C)CC1N. The van der Waals surface area contributed by atoms with E-state index in [1.807, 2.05) is 18.7 Å². The van der Waals surface area contributed by atoms with Crippen molar-refractivity contribution in [3.63, 3.8) is 0 Å². The van der Waals surface area contributed by atoms with Crippen LogP contribution in [0.1, 0.15) is 30.2 Å². The molecule has 138 valence electrons. The molecule has 2 unspecified atom stereocenters. The summed E-state index contributed by atoms with van der Waals surface area (Å²) in [4.78, 5) is 25.8. The van der Waals surface area contributed by atoms with E-state index < -0.39 is 17.2 Å². The molecule has 3 atom stereocenters. The van der Waals surface area contributed by atoms with Crippen LogP contribution in [0.25, 0.3) is 10.9 Å². The highest BCUT2D eigenvalue weighted by atomic mass is 19.1. The molecule has 7 nitrogen and oxygen atoms in total. The van der Waals surface area contributed by atoms with Gasteiger partial charge in [0.25, 0.3) is 0 Å². The van der Waals surface area contributed by atoms with Crippen molar-refractivity contribution in [1.29, 1.82) is 0 Å². The minimum Gasteiger partial charge on any atom is -0.487 e. The molecule has 8 heteroatoms. The van der Waals surface area contributed by atoms with Gasteiger partial charge in [0.1, 0.15) is 17.9 Å². The van der Waals surface area contributed by atoms with Gasteiger partial charge >= 0.3 is 5.97 Å². The Bertz CT molecular complexity index is 977.